The number of aryl methyl sites for hydroxylation is 1. The Labute approximate surface area is 168 Å². The molecule has 0 aromatic heterocycles. The molecule has 0 saturated heterocycles. The number of anilines is 1. The van der Waals surface area contributed by atoms with Gasteiger partial charge in [-0.15, -0.1) is 0 Å². The predicted molar refractivity (Wildman–Crippen MR) is 110 cm³/mol. The first-order valence-electron chi connectivity index (χ1n) is 10.3. The molecule has 0 N–H and O–H groups in total. The lowest BCUT2D eigenvalue weighted by atomic mass is 9.72. The highest BCUT2D eigenvalue weighted by atomic mass is 16.5. The number of esters is 1. The molecule has 5 heteroatoms. The third kappa shape index (κ3) is 4.34. The molecule has 5 nitrogen and oxygen atoms in total. The number of rotatable bonds is 3. The van der Waals surface area contributed by atoms with E-state index in [1.165, 1.54) is 4.90 Å². The molecule has 1 saturated carbocycles. The minimum atomic E-state index is -1.01. The highest BCUT2D eigenvalue weighted by Gasteiger charge is 2.42. The van der Waals surface area contributed by atoms with Crippen molar-refractivity contribution in [1.82, 2.24) is 0 Å². The molecule has 3 rings (SSSR count). The molecule has 1 aliphatic carbocycles. The first kappa shape index (κ1) is 20.7. The lowest BCUT2D eigenvalue weighted by molar-refractivity contribution is -0.151. The molecule has 1 aromatic rings. The van der Waals surface area contributed by atoms with E-state index in [1.54, 1.807) is 13.8 Å². The Morgan fingerprint density at radius 3 is 2.46 bits per heavy atom. The highest BCUT2D eigenvalue weighted by Crippen LogP contribution is 2.40. The molecule has 154 valence electrons. The largest absolute Gasteiger partial charge is 0.476 e. The van der Waals surface area contributed by atoms with Crippen LogP contribution in [0.5, 0.6) is 5.75 Å². The summed E-state index contributed by atoms with van der Waals surface area (Å²) in [5.41, 5.74) is 0.932. The van der Waals surface area contributed by atoms with Gasteiger partial charge in [0.2, 0.25) is 0 Å². The third-order valence-corrected chi connectivity index (χ3v) is 6.01. The van der Waals surface area contributed by atoms with Crippen LogP contribution < -0.4 is 9.64 Å². The van der Waals surface area contributed by atoms with Crippen LogP contribution in [0.3, 0.4) is 0 Å². The molecule has 28 heavy (non-hydrogen) atoms. The van der Waals surface area contributed by atoms with Gasteiger partial charge in [0, 0.05) is 0 Å². The fourth-order valence-electron chi connectivity index (χ4n) is 4.23. The molecule has 1 heterocycles. The monoisotopic (exact) mass is 387 g/mol. The van der Waals surface area contributed by atoms with Crippen molar-refractivity contribution in [3.8, 4) is 5.75 Å². The van der Waals surface area contributed by atoms with Gasteiger partial charge in [-0.2, -0.15) is 0 Å². The van der Waals surface area contributed by atoms with E-state index in [4.69, 9.17) is 9.47 Å². The Bertz CT molecular complexity index is 754. The van der Waals surface area contributed by atoms with Crippen molar-refractivity contribution in [1.29, 1.82) is 0 Å². The maximum atomic E-state index is 12.9. The number of amides is 1. The van der Waals surface area contributed by atoms with Crippen LogP contribution in [-0.4, -0.2) is 30.1 Å². The summed E-state index contributed by atoms with van der Waals surface area (Å²) in [4.78, 5) is 27.1. The van der Waals surface area contributed by atoms with Crippen LogP contribution in [0.2, 0.25) is 0 Å². The van der Waals surface area contributed by atoms with Crippen LogP contribution in [0.4, 0.5) is 5.69 Å². The van der Waals surface area contributed by atoms with Gasteiger partial charge in [-0.3, -0.25) is 14.5 Å². The number of nitrogens with zero attached hydrogens (tertiary/aromatic N) is 1. The fourth-order valence-corrected chi connectivity index (χ4v) is 4.23. The van der Waals surface area contributed by atoms with Gasteiger partial charge in [0.15, 0.2) is 5.60 Å². The molecule has 0 unspecified atom stereocenters. The maximum Gasteiger partial charge on any atom is 0.326 e. The molecular weight excluding hydrogens is 354 g/mol. The van der Waals surface area contributed by atoms with Gasteiger partial charge in [0.25, 0.3) is 5.91 Å². The van der Waals surface area contributed by atoms with E-state index in [0.29, 0.717) is 22.8 Å². The van der Waals surface area contributed by atoms with Gasteiger partial charge in [-0.25, -0.2) is 0 Å². The van der Waals surface area contributed by atoms with Crippen molar-refractivity contribution in [2.45, 2.75) is 78.9 Å². The van der Waals surface area contributed by atoms with Crippen molar-refractivity contribution >= 4 is 17.6 Å². The van der Waals surface area contributed by atoms with E-state index in [-0.39, 0.29) is 24.5 Å². The molecule has 0 bridgehead atoms. The van der Waals surface area contributed by atoms with E-state index in [9.17, 15) is 9.59 Å². The Hall–Kier alpha value is -2.04. The zero-order valence-corrected chi connectivity index (χ0v) is 18.0. The number of carbonyl (C=O) groups excluding carboxylic acids is 2. The fraction of sp³-hybridized carbons (Fsp3) is 0.652. The standard InChI is InChI=1S/C23H33NO4/c1-15-7-12-19-18(13-15)24(21(26)23(5,6)28-19)14-20(25)27-17-10-8-16(9-11-17)22(2,3)4/h7,12-13,16-17H,8-11,14H2,1-6H3. The van der Waals surface area contributed by atoms with E-state index < -0.39 is 5.60 Å². The second-order valence-electron chi connectivity index (χ2n) is 9.80. The Balaban J connectivity index is 1.67. The summed E-state index contributed by atoms with van der Waals surface area (Å²) >= 11 is 0. The first-order valence-corrected chi connectivity index (χ1v) is 10.3. The van der Waals surface area contributed by atoms with Gasteiger partial charge < -0.3 is 9.47 Å². The molecule has 2 aliphatic rings. The van der Waals surface area contributed by atoms with Crippen LogP contribution in [0.15, 0.2) is 18.2 Å². The van der Waals surface area contributed by atoms with Crippen molar-refractivity contribution in [2.75, 3.05) is 11.4 Å². The summed E-state index contributed by atoms with van der Waals surface area (Å²) in [6.07, 6.45) is 3.89. The van der Waals surface area contributed by atoms with Crippen LogP contribution in [-0.2, 0) is 14.3 Å². The van der Waals surface area contributed by atoms with Crippen LogP contribution in [0, 0.1) is 18.3 Å². The molecule has 0 atom stereocenters. The van der Waals surface area contributed by atoms with Crippen molar-refractivity contribution in [3.63, 3.8) is 0 Å². The number of hydrogen-bond donors (Lipinski definition) is 0. The molecule has 0 radical (unpaired) electrons. The average Bonchev–Trinajstić information content (AvgIpc) is 2.59. The number of hydrogen-bond acceptors (Lipinski definition) is 4. The highest BCUT2D eigenvalue weighted by molar-refractivity contribution is 6.05. The Kier molecular flexibility index (Phi) is 5.48. The minimum Gasteiger partial charge on any atom is -0.476 e. The molecule has 1 fully saturated rings. The van der Waals surface area contributed by atoms with Gasteiger partial charge in [0.05, 0.1) is 5.69 Å². The number of ether oxygens (including phenoxy) is 2. The summed E-state index contributed by atoms with van der Waals surface area (Å²) < 4.78 is 11.6. The quantitative estimate of drug-likeness (QED) is 0.709. The van der Waals surface area contributed by atoms with E-state index in [1.807, 2.05) is 25.1 Å². The number of benzene rings is 1. The molecule has 1 amide bonds. The van der Waals surface area contributed by atoms with Crippen LogP contribution in [0.25, 0.3) is 0 Å². The lowest BCUT2D eigenvalue weighted by Gasteiger charge is -2.39. The van der Waals surface area contributed by atoms with E-state index >= 15 is 0 Å². The summed E-state index contributed by atoms with van der Waals surface area (Å²) in [7, 11) is 0. The zero-order chi connectivity index (χ0) is 20.7. The minimum absolute atomic E-state index is 0.0489. The van der Waals surface area contributed by atoms with E-state index in [2.05, 4.69) is 20.8 Å². The zero-order valence-electron chi connectivity index (χ0n) is 18.0. The summed E-state index contributed by atoms with van der Waals surface area (Å²) in [5.74, 6) is 0.712. The van der Waals surface area contributed by atoms with Gasteiger partial charge >= 0.3 is 5.97 Å². The van der Waals surface area contributed by atoms with Crippen molar-refractivity contribution in [3.05, 3.63) is 23.8 Å². The third-order valence-electron chi connectivity index (χ3n) is 6.01. The van der Waals surface area contributed by atoms with Gasteiger partial charge in [-0.05, 0) is 75.5 Å². The Morgan fingerprint density at radius 1 is 1.21 bits per heavy atom. The maximum absolute atomic E-state index is 12.9. The number of fused-ring (bicyclic) bond motifs is 1. The summed E-state index contributed by atoms with van der Waals surface area (Å²) in [6, 6.07) is 5.67. The van der Waals surface area contributed by atoms with Gasteiger partial charge in [0.1, 0.15) is 18.4 Å². The van der Waals surface area contributed by atoms with Crippen molar-refractivity contribution in [2.24, 2.45) is 11.3 Å². The summed E-state index contributed by atoms with van der Waals surface area (Å²) in [5, 5.41) is 0. The lowest BCUT2D eigenvalue weighted by Crippen LogP contribution is -2.54. The predicted octanol–water partition coefficient (Wildman–Crippen LogP) is 4.65. The molecule has 0 spiro atoms. The van der Waals surface area contributed by atoms with Crippen LogP contribution >= 0.6 is 0 Å². The molecule has 1 aromatic carbocycles. The van der Waals surface area contributed by atoms with E-state index in [0.717, 1.165) is 31.2 Å². The first-order chi connectivity index (χ1) is 13.0. The summed E-state index contributed by atoms with van der Waals surface area (Å²) in [6.45, 7) is 12.1. The van der Waals surface area contributed by atoms with Crippen LogP contribution in [0.1, 0.15) is 65.9 Å². The smallest absolute Gasteiger partial charge is 0.326 e. The number of carbonyl (C=O) groups is 2. The second kappa shape index (κ2) is 7.41. The van der Waals surface area contributed by atoms with Crippen molar-refractivity contribution < 1.29 is 19.1 Å². The SMILES string of the molecule is Cc1ccc2c(c1)N(CC(=O)OC1CCC(C(C)(C)C)CC1)C(=O)C(C)(C)O2. The normalized spacial score (nSPS) is 24.4. The van der Waals surface area contributed by atoms with Gasteiger partial charge in [-0.1, -0.05) is 26.8 Å². The average molecular weight is 388 g/mol. The Morgan fingerprint density at radius 2 is 1.86 bits per heavy atom. The topological polar surface area (TPSA) is 55.8 Å². The molecule has 1 aliphatic heterocycles. The second-order valence-corrected chi connectivity index (χ2v) is 9.80. The molecular formula is C23H33NO4.